The van der Waals surface area contributed by atoms with Gasteiger partial charge in [-0.25, -0.2) is 4.98 Å². The molecule has 1 unspecified atom stereocenters. The van der Waals surface area contributed by atoms with E-state index < -0.39 is 5.92 Å². The van der Waals surface area contributed by atoms with Gasteiger partial charge in [-0.3, -0.25) is 9.59 Å². The second-order valence-electron chi connectivity index (χ2n) is 6.97. The third kappa shape index (κ3) is 3.33. The molecule has 0 saturated carbocycles. The molecule has 3 aromatic rings. The number of ether oxygens (including phenoxy) is 1. The van der Waals surface area contributed by atoms with Crippen LogP contribution in [-0.4, -0.2) is 30.5 Å². The van der Waals surface area contributed by atoms with E-state index in [-0.39, 0.29) is 18.2 Å². The number of thiazole rings is 1. The minimum Gasteiger partial charge on any atom is -0.497 e. The largest absolute Gasteiger partial charge is 0.497 e. The number of nitrogens with zero attached hydrogens (tertiary/aromatic N) is 2. The van der Waals surface area contributed by atoms with Crippen LogP contribution in [0, 0.1) is 19.8 Å². The summed E-state index contributed by atoms with van der Waals surface area (Å²) in [5.41, 5.74) is 3.88. The van der Waals surface area contributed by atoms with Crippen molar-refractivity contribution in [2.75, 3.05) is 23.9 Å². The van der Waals surface area contributed by atoms with Crippen molar-refractivity contribution in [3.63, 3.8) is 0 Å². The van der Waals surface area contributed by atoms with Gasteiger partial charge < -0.3 is 15.0 Å². The second kappa shape index (κ2) is 7.24. The van der Waals surface area contributed by atoms with Gasteiger partial charge in [0.25, 0.3) is 0 Å². The smallest absolute Gasteiger partial charge is 0.231 e. The van der Waals surface area contributed by atoms with Crippen LogP contribution in [0.4, 0.5) is 10.8 Å². The number of aryl methyl sites for hydroxylation is 1. The highest BCUT2D eigenvalue weighted by Gasteiger charge is 2.36. The van der Waals surface area contributed by atoms with Gasteiger partial charge in [0.15, 0.2) is 5.13 Å². The van der Waals surface area contributed by atoms with Crippen molar-refractivity contribution < 1.29 is 14.3 Å². The second-order valence-corrected chi connectivity index (χ2v) is 8.00. The van der Waals surface area contributed by atoms with E-state index >= 15 is 0 Å². The van der Waals surface area contributed by atoms with Crippen LogP contribution in [0.2, 0.25) is 0 Å². The standard InChI is InChI=1S/C21H21N3O3S/c1-12-5-4-6-17(13(12)2)24-11-14(9-19(24)25)20(26)23-21-22-16-8-7-15(27-3)10-18(16)28-21/h4-8,10,14H,9,11H2,1-3H3,(H,22,23,26). The normalized spacial score (nSPS) is 16.6. The molecular weight excluding hydrogens is 374 g/mol. The van der Waals surface area contributed by atoms with Crippen molar-refractivity contribution in [2.24, 2.45) is 5.92 Å². The first kappa shape index (κ1) is 18.4. The summed E-state index contributed by atoms with van der Waals surface area (Å²) < 4.78 is 6.17. The summed E-state index contributed by atoms with van der Waals surface area (Å²) in [5, 5.41) is 3.41. The number of carbonyl (C=O) groups excluding carboxylic acids is 2. The highest BCUT2D eigenvalue weighted by atomic mass is 32.1. The minimum atomic E-state index is -0.394. The van der Waals surface area contributed by atoms with E-state index in [1.165, 1.54) is 11.3 Å². The van der Waals surface area contributed by atoms with Crippen LogP contribution in [0.3, 0.4) is 0 Å². The maximum Gasteiger partial charge on any atom is 0.231 e. The van der Waals surface area contributed by atoms with Gasteiger partial charge in [-0.2, -0.15) is 0 Å². The van der Waals surface area contributed by atoms with E-state index in [1.54, 1.807) is 12.0 Å². The Morgan fingerprint density at radius 1 is 1.29 bits per heavy atom. The van der Waals surface area contributed by atoms with Gasteiger partial charge in [0.05, 0.1) is 23.2 Å². The van der Waals surface area contributed by atoms with Crippen molar-refractivity contribution in [3.05, 3.63) is 47.5 Å². The number of methoxy groups -OCH3 is 1. The van der Waals surface area contributed by atoms with Gasteiger partial charge in [0.1, 0.15) is 5.75 Å². The number of carbonyl (C=O) groups is 2. The van der Waals surface area contributed by atoms with Crippen molar-refractivity contribution in [2.45, 2.75) is 20.3 Å². The molecule has 2 amide bonds. The van der Waals surface area contributed by atoms with E-state index in [0.29, 0.717) is 11.7 Å². The number of benzene rings is 2. The van der Waals surface area contributed by atoms with Crippen LogP contribution >= 0.6 is 11.3 Å². The molecule has 144 valence electrons. The fraction of sp³-hybridized carbons (Fsp3) is 0.286. The summed E-state index contributed by atoms with van der Waals surface area (Å²) in [4.78, 5) is 31.4. The summed E-state index contributed by atoms with van der Waals surface area (Å²) in [7, 11) is 1.61. The van der Waals surface area contributed by atoms with E-state index in [0.717, 1.165) is 32.8 Å². The molecule has 1 atom stereocenters. The molecule has 2 heterocycles. The van der Waals surface area contributed by atoms with Gasteiger partial charge in [-0.1, -0.05) is 23.5 Å². The molecule has 0 aliphatic carbocycles. The molecule has 1 N–H and O–H groups in total. The van der Waals surface area contributed by atoms with E-state index in [2.05, 4.69) is 10.3 Å². The van der Waals surface area contributed by atoms with Gasteiger partial charge >= 0.3 is 0 Å². The van der Waals surface area contributed by atoms with E-state index in [1.807, 2.05) is 50.2 Å². The van der Waals surface area contributed by atoms with Crippen LogP contribution in [0.5, 0.6) is 5.75 Å². The summed E-state index contributed by atoms with van der Waals surface area (Å²) in [6.45, 7) is 4.40. The monoisotopic (exact) mass is 395 g/mol. The summed E-state index contributed by atoms with van der Waals surface area (Å²) in [6.07, 6.45) is 0.206. The first-order valence-electron chi connectivity index (χ1n) is 9.08. The molecule has 28 heavy (non-hydrogen) atoms. The van der Waals surface area contributed by atoms with Gasteiger partial charge in [-0.05, 0) is 49.2 Å². The molecule has 0 spiro atoms. The molecule has 1 fully saturated rings. The zero-order valence-electron chi connectivity index (χ0n) is 16.0. The molecule has 0 radical (unpaired) electrons. The molecule has 1 saturated heterocycles. The Labute approximate surface area is 167 Å². The first-order valence-corrected chi connectivity index (χ1v) is 9.90. The van der Waals surface area contributed by atoms with Crippen LogP contribution in [0.15, 0.2) is 36.4 Å². The fourth-order valence-electron chi connectivity index (χ4n) is 3.44. The van der Waals surface area contributed by atoms with E-state index in [9.17, 15) is 9.59 Å². The number of amides is 2. The topological polar surface area (TPSA) is 71.5 Å². The first-order chi connectivity index (χ1) is 13.5. The molecule has 1 aliphatic heterocycles. The third-order valence-electron chi connectivity index (χ3n) is 5.19. The summed E-state index contributed by atoms with van der Waals surface area (Å²) in [6, 6.07) is 11.5. The molecule has 1 aromatic heterocycles. The Bertz CT molecular complexity index is 1080. The number of hydrogen-bond donors (Lipinski definition) is 1. The Morgan fingerprint density at radius 2 is 2.11 bits per heavy atom. The Morgan fingerprint density at radius 3 is 2.89 bits per heavy atom. The predicted octanol–water partition coefficient (Wildman–Crippen LogP) is 3.91. The maximum atomic E-state index is 12.7. The summed E-state index contributed by atoms with van der Waals surface area (Å²) in [5.74, 6) is 0.156. The molecule has 1 aliphatic rings. The third-order valence-corrected chi connectivity index (χ3v) is 6.12. The Hall–Kier alpha value is -2.93. The van der Waals surface area contributed by atoms with Crippen LogP contribution in [-0.2, 0) is 9.59 Å². The van der Waals surface area contributed by atoms with Crippen molar-refractivity contribution >= 4 is 44.2 Å². The highest BCUT2D eigenvalue weighted by Crippen LogP contribution is 2.32. The lowest BCUT2D eigenvalue weighted by atomic mass is 10.1. The van der Waals surface area contributed by atoms with Gasteiger partial charge in [-0.15, -0.1) is 0 Å². The van der Waals surface area contributed by atoms with Crippen LogP contribution in [0.1, 0.15) is 17.5 Å². The number of fused-ring (bicyclic) bond motifs is 1. The molecule has 0 bridgehead atoms. The number of rotatable bonds is 4. The maximum absolute atomic E-state index is 12.7. The fourth-order valence-corrected chi connectivity index (χ4v) is 4.33. The van der Waals surface area contributed by atoms with Gasteiger partial charge in [0.2, 0.25) is 11.8 Å². The van der Waals surface area contributed by atoms with Gasteiger partial charge in [0, 0.05) is 18.7 Å². The molecule has 6 nitrogen and oxygen atoms in total. The Balaban J connectivity index is 1.50. The lowest BCUT2D eigenvalue weighted by molar-refractivity contribution is -0.122. The summed E-state index contributed by atoms with van der Waals surface area (Å²) >= 11 is 1.39. The molecule has 4 rings (SSSR count). The SMILES string of the molecule is COc1ccc2nc(NC(=O)C3CC(=O)N(c4cccc(C)c4C)C3)sc2c1. The van der Waals surface area contributed by atoms with Crippen molar-refractivity contribution in [1.82, 2.24) is 4.98 Å². The lowest BCUT2D eigenvalue weighted by Crippen LogP contribution is -2.28. The number of anilines is 2. The van der Waals surface area contributed by atoms with Crippen molar-refractivity contribution in [1.29, 1.82) is 0 Å². The lowest BCUT2D eigenvalue weighted by Gasteiger charge is -2.20. The molecule has 2 aromatic carbocycles. The molecular formula is C21H21N3O3S. The number of nitrogens with one attached hydrogen (secondary N) is 1. The number of aromatic nitrogens is 1. The zero-order chi connectivity index (χ0) is 19.8. The average molecular weight is 395 g/mol. The van der Waals surface area contributed by atoms with Crippen molar-refractivity contribution in [3.8, 4) is 5.75 Å². The van der Waals surface area contributed by atoms with Crippen LogP contribution in [0.25, 0.3) is 10.2 Å². The van der Waals surface area contributed by atoms with Crippen LogP contribution < -0.4 is 15.0 Å². The minimum absolute atomic E-state index is 0.0251. The Kier molecular flexibility index (Phi) is 4.77. The van der Waals surface area contributed by atoms with E-state index in [4.69, 9.17) is 4.74 Å². The highest BCUT2D eigenvalue weighted by molar-refractivity contribution is 7.22. The zero-order valence-corrected chi connectivity index (χ0v) is 16.8. The predicted molar refractivity (Wildman–Crippen MR) is 111 cm³/mol. The quantitative estimate of drug-likeness (QED) is 0.727. The molecule has 7 heteroatoms. The average Bonchev–Trinajstić information content (AvgIpc) is 3.26. The number of hydrogen-bond acceptors (Lipinski definition) is 5.